The van der Waals surface area contributed by atoms with Crippen LogP contribution in [-0.4, -0.2) is 62.0 Å². The molecule has 0 unspecified atom stereocenters. The molecular weight excluding hydrogens is 525 g/mol. The van der Waals surface area contributed by atoms with Crippen molar-refractivity contribution in [3.05, 3.63) is 100 Å². The number of morpholine rings is 1. The third-order valence-corrected chi connectivity index (χ3v) is 6.28. The summed E-state index contributed by atoms with van der Waals surface area (Å²) in [5.41, 5.74) is 4.86. The molecule has 39 heavy (non-hydrogen) atoms. The van der Waals surface area contributed by atoms with Crippen molar-refractivity contribution in [2.75, 3.05) is 46.1 Å². The summed E-state index contributed by atoms with van der Waals surface area (Å²) in [6, 6.07) is 21.2. The summed E-state index contributed by atoms with van der Waals surface area (Å²) >= 11 is 6.13. The van der Waals surface area contributed by atoms with E-state index in [0.29, 0.717) is 23.1 Å². The van der Waals surface area contributed by atoms with Crippen LogP contribution in [0.1, 0.15) is 23.7 Å². The minimum atomic E-state index is -1.02. The van der Waals surface area contributed by atoms with Crippen LogP contribution in [0.5, 0.6) is 11.5 Å². The molecule has 3 aromatic carbocycles. The van der Waals surface area contributed by atoms with Crippen LogP contribution in [-0.2, 0) is 9.53 Å². The smallest absolute Gasteiger partial charge is 1.00 e. The Bertz CT molecular complexity index is 1330. The number of carboxylic acid groups (broad SMARTS) is 1. The third kappa shape index (κ3) is 9.74. The van der Waals surface area contributed by atoms with Gasteiger partial charge in [-0.1, -0.05) is 47.7 Å². The number of aryl methyl sites for hydroxylation is 1. The first-order valence-corrected chi connectivity index (χ1v) is 12.8. The molecule has 8 heteroatoms. The monoisotopic (exact) mass is 555 g/mol. The second-order valence-electron chi connectivity index (χ2n) is 8.81. The van der Waals surface area contributed by atoms with E-state index in [1.807, 2.05) is 55.5 Å². The van der Waals surface area contributed by atoms with Crippen molar-refractivity contribution >= 4 is 23.1 Å². The van der Waals surface area contributed by atoms with E-state index in [9.17, 15) is 4.79 Å². The van der Waals surface area contributed by atoms with E-state index < -0.39 is 5.97 Å². The molecule has 3 aromatic rings. The molecule has 198 valence electrons. The Morgan fingerprint density at radius 3 is 2.36 bits per heavy atom. The summed E-state index contributed by atoms with van der Waals surface area (Å²) in [5.74, 6) is 6.70. The van der Waals surface area contributed by atoms with Crippen LogP contribution < -0.4 is 39.0 Å². The van der Waals surface area contributed by atoms with Gasteiger partial charge in [-0.25, -0.2) is 4.79 Å². The maximum Gasteiger partial charge on any atom is 1.00 e. The van der Waals surface area contributed by atoms with Crippen LogP contribution in [0.4, 0.5) is 0 Å². The molecule has 1 aliphatic heterocycles. The van der Waals surface area contributed by atoms with E-state index in [2.05, 4.69) is 28.9 Å². The van der Waals surface area contributed by atoms with Crippen molar-refractivity contribution in [3.63, 3.8) is 0 Å². The normalized spacial score (nSPS) is 13.5. The standard InChI is InChI=1S/C31H30ClNO5.Na.H/c1-23-21-28(12-13-30(23)38-22-31(34)35)37-18-14-29(26-8-10-27(32)11-9-26)25-6-4-24(5-7-25)3-2-15-33-16-19-36-20-17-33;;/h4-14,21H,15-20,22H2,1H3,(H,34,35);;/q;+1;-1/b29-14+;;. The van der Waals surface area contributed by atoms with Gasteiger partial charge in [-0.3, -0.25) is 4.90 Å². The van der Waals surface area contributed by atoms with Gasteiger partial charge in [0.1, 0.15) is 18.1 Å². The number of ether oxygens (including phenoxy) is 3. The summed E-state index contributed by atoms with van der Waals surface area (Å²) in [6.07, 6.45) is 2.03. The van der Waals surface area contributed by atoms with Crippen LogP contribution in [0.15, 0.2) is 72.8 Å². The van der Waals surface area contributed by atoms with Gasteiger partial charge >= 0.3 is 35.5 Å². The van der Waals surface area contributed by atoms with Crippen molar-refractivity contribution in [1.82, 2.24) is 4.90 Å². The molecule has 0 aromatic heterocycles. The quantitative estimate of drug-likeness (QED) is 0.323. The van der Waals surface area contributed by atoms with Crippen molar-refractivity contribution < 1.29 is 55.1 Å². The average Bonchev–Trinajstić information content (AvgIpc) is 2.92. The number of benzene rings is 3. The van der Waals surface area contributed by atoms with E-state index in [-0.39, 0.29) is 37.6 Å². The third-order valence-electron chi connectivity index (χ3n) is 6.03. The SMILES string of the molecule is Cc1cc(OC/C=C(/c2ccc(Cl)cc2)c2ccc(C#CCN3CCOCC3)cc2)ccc1OCC(=O)O.[H-].[Na+]. The van der Waals surface area contributed by atoms with Crippen molar-refractivity contribution in [2.24, 2.45) is 0 Å². The summed E-state index contributed by atoms with van der Waals surface area (Å²) in [5, 5.41) is 9.50. The predicted molar refractivity (Wildman–Crippen MR) is 150 cm³/mol. The zero-order valence-electron chi connectivity index (χ0n) is 23.3. The van der Waals surface area contributed by atoms with Crippen LogP contribution in [0, 0.1) is 18.8 Å². The van der Waals surface area contributed by atoms with Crippen molar-refractivity contribution in [2.45, 2.75) is 6.92 Å². The number of halogens is 1. The number of hydrogen-bond donors (Lipinski definition) is 1. The molecule has 0 aliphatic carbocycles. The van der Waals surface area contributed by atoms with E-state index in [1.165, 1.54) is 0 Å². The summed E-state index contributed by atoms with van der Waals surface area (Å²) in [6.45, 7) is 5.94. The summed E-state index contributed by atoms with van der Waals surface area (Å²) in [7, 11) is 0. The Hall–Kier alpha value is -2.76. The minimum absolute atomic E-state index is 0. The number of carboxylic acids is 1. The Morgan fingerprint density at radius 1 is 1.05 bits per heavy atom. The van der Waals surface area contributed by atoms with Gasteiger partial charge in [0.2, 0.25) is 0 Å². The van der Waals surface area contributed by atoms with Crippen LogP contribution in [0.25, 0.3) is 5.57 Å². The molecule has 0 spiro atoms. The zero-order valence-corrected chi connectivity index (χ0v) is 25.0. The first-order valence-electron chi connectivity index (χ1n) is 12.4. The fourth-order valence-electron chi connectivity index (χ4n) is 4.01. The molecule has 6 nitrogen and oxygen atoms in total. The molecule has 1 saturated heterocycles. The van der Waals surface area contributed by atoms with Crippen LogP contribution in [0.3, 0.4) is 0 Å². The van der Waals surface area contributed by atoms with E-state index in [1.54, 1.807) is 12.1 Å². The fraction of sp³-hybridized carbons (Fsp3) is 0.258. The molecule has 0 radical (unpaired) electrons. The second-order valence-corrected chi connectivity index (χ2v) is 9.25. The number of carbonyl (C=O) groups is 1. The molecular formula is C31H31ClNNaO5. The fourth-order valence-corrected chi connectivity index (χ4v) is 4.14. The minimum Gasteiger partial charge on any atom is -1.00 e. The van der Waals surface area contributed by atoms with Gasteiger partial charge < -0.3 is 20.7 Å². The van der Waals surface area contributed by atoms with Gasteiger partial charge in [0.15, 0.2) is 6.61 Å². The molecule has 0 bridgehead atoms. The van der Waals surface area contributed by atoms with Gasteiger partial charge in [-0.2, -0.15) is 0 Å². The molecule has 1 aliphatic rings. The van der Waals surface area contributed by atoms with Gasteiger partial charge in [0, 0.05) is 23.7 Å². The number of aliphatic carboxylic acids is 1. The van der Waals surface area contributed by atoms with Gasteiger partial charge in [-0.05, 0) is 77.7 Å². The van der Waals surface area contributed by atoms with E-state index in [4.69, 9.17) is 30.9 Å². The molecule has 0 amide bonds. The van der Waals surface area contributed by atoms with E-state index >= 15 is 0 Å². The van der Waals surface area contributed by atoms with Crippen LogP contribution in [0.2, 0.25) is 5.02 Å². The van der Waals surface area contributed by atoms with Crippen molar-refractivity contribution in [3.8, 4) is 23.3 Å². The Labute approximate surface area is 258 Å². The maximum atomic E-state index is 10.8. The Morgan fingerprint density at radius 2 is 1.72 bits per heavy atom. The van der Waals surface area contributed by atoms with Gasteiger partial charge in [0.05, 0.1) is 19.8 Å². The molecule has 0 saturated carbocycles. The molecule has 1 fully saturated rings. The topological polar surface area (TPSA) is 68.2 Å². The number of rotatable bonds is 9. The average molecular weight is 556 g/mol. The first kappa shape index (κ1) is 30.8. The Kier molecular flexibility index (Phi) is 12.4. The summed E-state index contributed by atoms with van der Waals surface area (Å²) < 4.78 is 16.7. The summed E-state index contributed by atoms with van der Waals surface area (Å²) in [4.78, 5) is 13.1. The number of nitrogens with zero attached hydrogens (tertiary/aromatic N) is 1. The van der Waals surface area contributed by atoms with Crippen molar-refractivity contribution in [1.29, 1.82) is 0 Å². The maximum absolute atomic E-state index is 10.8. The molecule has 1 heterocycles. The van der Waals surface area contributed by atoms with Gasteiger partial charge in [0.25, 0.3) is 0 Å². The predicted octanol–water partition coefficient (Wildman–Crippen LogP) is 2.42. The van der Waals surface area contributed by atoms with Gasteiger partial charge in [-0.15, -0.1) is 0 Å². The van der Waals surface area contributed by atoms with Crippen LogP contribution >= 0.6 is 11.6 Å². The first-order chi connectivity index (χ1) is 18.5. The zero-order chi connectivity index (χ0) is 26.7. The van der Waals surface area contributed by atoms with E-state index in [0.717, 1.165) is 60.7 Å². The second kappa shape index (κ2) is 15.7. The molecule has 4 rings (SSSR count). The largest absolute Gasteiger partial charge is 1.00 e. The number of hydrogen-bond acceptors (Lipinski definition) is 5. The molecule has 1 N–H and O–H groups in total. The molecule has 0 atom stereocenters. The Balaban J connectivity index is 0.00000280.